The van der Waals surface area contributed by atoms with Gasteiger partial charge in [-0.25, -0.2) is 0 Å². The third-order valence-corrected chi connectivity index (χ3v) is 4.48. The Morgan fingerprint density at radius 2 is 1.50 bits per heavy atom. The lowest BCUT2D eigenvalue weighted by molar-refractivity contribution is 0.0947. The highest BCUT2D eigenvalue weighted by molar-refractivity contribution is 7.80. The zero-order valence-electron chi connectivity index (χ0n) is 16.2. The zero-order chi connectivity index (χ0) is 20.4. The molecule has 0 saturated heterocycles. The van der Waals surface area contributed by atoms with Gasteiger partial charge in [-0.15, -0.1) is 0 Å². The van der Waals surface area contributed by atoms with Crippen LogP contribution in [0.1, 0.15) is 34.6 Å². The first-order valence-corrected chi connectivity index (χ1v) is 9.72. The van der Waals surface area contributed by atoms with Crippen molar-refractivity contribution < 1.29 is 9.59 Å². The minimum atomic E-state index is -0.276. The van der Waals surface area contributed by atoms with Crippen LogP contribution in [0.2, 0.25) is 0 Å². The smallest absolute Gasteiger partial charge is 0.257 e. The standard InChI is InChI=1S/C21H26N4O2S/c1-3-25(4-2)15-14-22-19(26)17-10-12-18(13-11-17)23-21(28)24-20(27)16-8-6-5-7-9-16/h5-13H,3-4,14-15H2,1-2H3,(H,22,26)(H2,23,24,27,28). The van der Waals surface area contributed by atoms with E-state index in [1.165, 1.54) is 0 Å². The first-order chi connectivity index (χ1) is 13.5. The molecule has 0 heterocycles. The molecule has 3 N–H and O–H groups in total. The van der Waals surface area contributed by atoms with Crippen molar-refractivity contribution in [1.29, 1.82) is 0 Å². The maximum atomic E-state index is 12.2. The Labute approximate surface area is 171 Å². The minimum absolute atomic E-state index is 0.112. The van der Waals surface area contributed by atoms with Gasteiger partial charge in [0, 0.05) is 29.9 Å². The molecule has 0 aliphatic rings. The quantitative estimate of drug-likeness (QED) is 0.597. The van der Waals surface area contributed by atoms with E-state index in [1.54, 1.807) is 48.5 Å². The van der Waals surface area contributed by atoms with E-state index in [0.29, 0.717) is 23.4 Å². The molecule has 0 unspecified atom stereocenters. The Balaban J connectivity index is 1.82. The summed E-state index contributed by atoms with van der Waals surface area (Å²) in [6.07, 6.45) is 0. The van der Waals surface area contributed by atoms with Gasteiger partial charge in [-0.3, -0.25) is 14.9 Å². The van der Waals surface area contributed by atoms with Crippen molar-refractivity contribution in [3.05, 3.63) is 65.7 Å². The Morgan fingerprint density at radius 1 is 0.893 bits per heavy atom. The fourth-order valence-electron chi connectivity index (χ4n) is 2.60. The van der Waals surface area contributed by atoms with Crippen molar-refractivity contribution in [3.8, 4) is 0 Å². The molecular formula is C21H26N4O2S. The van der Waals surface area contributed by atoms with Crippen LogP contribution in [0.25, 0.3) is 0 Å². The van der Waals surface area contributed by atoms with Crippen LogP contribution in [-0.2, 0) is 0 Å². The first-order valence-electron chi connectivity index (χ1n) is 9.31. The van der Waals surface area contributed by atoms with Crippen LogP contribution >= 0.6 is 12.2 Å². The molecule has 0 aliphatic heterocycles. The predicted octanol–water partition coefficient (Wildman–Crippen LogP) is 2.89. The number of anilines is 1. The van der Waals surface area contributed by atoms with Crippen molar-refractivity contribution in [2.45, 2.75) is 13.8 Å². The first kappa shape index (κ1) is 21.5. The fraction of sp³-hybridized carbons (Fsp3) is 0.286. The number of nitrogens with zero attached hydrogens (tertiary/aromatic N) is 1. The third-order valence-electron chi connectivity index (χ3n) is 4.28. The van der Waals surface area contributed by atoms with Crippen molar-refractivity contribution in [2.24, 2.45) is 0 Å². The van der Waals surface area contributed by atoms with Gasteiger partial charge in [0.1, 0.15) is 0 Å². The second-order valence-electron chi connectivity index (χ2n) is 6.13. The summed E-state index contributed by atoms with van der Waals surface area (Å²) in [7, 11) is 0. The lowest BCUT2D eigenvalue weighted by Gasteiger charge is -2.18. The van der Waals surface area contributed by atoms with Crippen LogP contribution in [0, 0.1) is 0 Å². The molecule has 0 atom stereocenters. The van der Waals surface area contributed by atoms with Gasteiger partial charge >= 0.3 is 0 Å². The number of amides is 2. The molecule has 148 valence electrons. The molecule has 0 aromatic heterocycles. The summed E-state index contributed by atoms with van der Waals surface area (Å²) >= 11 is 5.17. The van der Waals surface area contributed by atoms with E-state index in [0.717, 1.165) is 19.6 Å². The summed E-state index contributed by atoms with van der Waals surface area (Å²) in [5.74, 6) is -0.388. The van der Waals surface area contributed by atoms with Gasteiger partial charge in [-0.05, 0) is 61.7 Å². The minimum Gasteiger partial charge on any atom is -0.351 e. The SMILES string of the molecule is CCN(CC)CCNC(=O)c1ccc(NC(=S)NC(=O)c2ccccc2)cc1. The second kappa shape index (κ2) is 11.2. The fourth-order valence-corrected chi connectivity index (χ4v) is 2.81. The van der Waals surface area contributed by atoms with Crippen LogP contribution in [0.3, 0.4) is 0 Å². The van der Waals surface area contributed by atoms with Gasteiger partial charge in [0.15, 0.2) is 5.11 Å². The van der Waals surface area contributed by atoms with E-state index in [4.69, 9.17) is 12.2 Å². The third kappa shape index (κ3) is 6.75. The average Bonchev–Trinajstić information content (AvgIpc) is 2.72. The number of thiocarbonyl (C=S) groups is 1. The van der Waals surface area contributed by atoms with E-state index >= 15 is 0 Å². The normalized spacial score (nSPS) is 10.4. The summed E-state index contributed by atoms with van der Waals surface area (Å²) in [5.41, 5.74) is 1.80. The maximum absolute atomic E-state index is 12.2. The molecule has 0 aliphatic carbocycles. The van der Waals surface area contributed by atoms with Gasteiger partial charge in [-0.2, -0.15) is 0 Å². The monoisotopic (exact) mass is 398 g/mol. The highest BCUT2D eigenvalue weighted by Gasteiger charge is 2.09. The van der Waals surface area contributed by atoms with E-state index < -0.39 is 0 Å². The second-order valence-corrected chi connectivity index (χ2v) is 6.54. The van der Waals surface area contributed by atoms with E-state index in [9.17, 15) is 9.59 Å². The molecule has 0 fully saturated rings. The number of carbonyl (C=O) groups is 2. The summed E-state index contributed by atoms with van der Waals surface area (Å²) in [6.45, 7) is 7.57. The summed E-state index contributed by atoms with van der Waals surface area (Å²) in [6, 6.07) is 15.8. The molecule has 6 nitrogen and oxygen atoms in total. The number of nitrogens with one attached hydrogen (secondary N) is 3. The number of likely N-dealkylation sites (N-methyl/N-ethyl adjacent to an activating group) is 1. The lowest BCUT2D eigenvalue weighted by Crippen LogP contribution is -2.35. The number of benzene rings is 2. The highest BCUT2D eigenvalue weighted by Crippen LogP contribution is 2.10. The molecule has 2 aromatic rings. The molecule has 2 amide bonds. The molecule has 2 rings (SSSR count). The zero-order valence-corrected chi connectivity index (χ0v) is 17.0. The topological polar surface area (TPSA) is 73.5 Å². The van der Waals surface area contributed by atoms with E-state index in [1.807, 2.05) is 6.07 Å². The Morgan fingerprint density at radius 3 is 2.11 bits per heavy atom. The lowest BCUT2D eigenvalue weighted by atomic mass is 10.2. The molecule has 0 bridgehead atoms. The van der Waals surface area contributed by atoms with Crippen LogP contribution < -0.4 is 16.0 Å². The van der Waals surface area contributed by atoms with Crippen LogP contribution in [0.4, 0.5) is 5.69 Å². The Hall–Kier alpha value is -2.77. The van der Waals surface area contributed by atoms with Gasteiger partial charge < -0.3 is 15.5 Å². The van der Waals surface area contributed by atoms with Gasteiger partial charge in [0.2, 0.25) is 0 Å². The summed E-state index contributed by atoms with van der Waals surface area (Å²) in [5, 5.41) is 8.69. The number of hydrogen-bond acceptors (Lipinski definition) is 4. The van der Waals surface area contributed by atoms with Crippen molar-refractivity contribution in [1.82, 2.24) is 15.5 Å². The molecular weight excluding hydrogens is 372 g/mol. The molecule has 28 heavy (non-hydrogen) atoms. The average molecular weight is 399 g/mol. The van der Waals surface area contributed by atoms with Crippen LogP contribution in [0.5, 0.6) is 0 Å². The van der Waals surface area contributed by atoms with Gasteiger partial charge in [0.05, 0.1) is 0 Å². The molecule has 0 saturated carbocycles. The van der Waals surface area contributed by atoms with Crippen molar-refractivity contribution in [2.75, 3.05) is 31.5 Å². The maximum Gasteiger partial charge on any atom is 0.257 e. The predicted molar refractivity (Wildman–Crippen MR) is 117 cm³/mol. The van der Waals surface area contributed by atoms with Crippen molar-refractivity contribution in [3.63, 3.8) is 0 Å². The number of carbonyl (C=O) groups excluding carboxylic acids is 2. The number of hydrogen-bond donors (Lipinski definition) is 3. The molecule has 0 radical (unpaired) electrons. The molecule has 2 aromatic carbocycles. The molecule has 7 heteroatoms. The largest absolute Gasteiger partial charge is 0.351 e. The van der Waals surface area contributed by atoms with Gasteiger partial charge in [-0.1, -0.05) is 32.0 Å². The number of rotatable bonds is 8. The summed E-state index contributed by atoms with van der Waals surface area (Å²) < 4.78 is 0. The van der Waals surface area contributed by atoms with E-state index in [2.05, 4.69) is 34.7 Å². The highest BCUT2D eigenvalue weighted by atomic mass is 32.1. The van der Waals surface area contributed by atoms with Crippen LogP contribution in [-0.4, -0.2) is 48.0 Å². The Bertz CT molecular complexity index is 790. The summed E-state index contributed by atoms with van der Waals surface area (Å²) in [4.78, 5) is 26.5. The Kier molecular flexibility index (Phi) is 8.58. The van der Waals surface area contributed by atoms with E-state index in [-0.39, 0.29) is 16.9 Å². The van der Waals surface area contributed by atoms with Gasteiger partial charge in [0.25, 0.3) is 11.8 Å². The van der Waals surface area contributed by atoms with Crippen molar-refractivity contribution >= 4 is 34.8 Å². The molecule has 0 spiro atoms. The van der Waals surface area contributed by atoms with Crippen LogP contribution in [0.15, 0.2) is 54.6 Å².